The average molecular weight is 349 g/mol. The molecule has 1 aliphatic rings. The van der Waals surface area contributed by atoms with Gasteiger partial charge in [0, 0.05) is 25.8 Å². The maximum Gasteiger partial charge on any atom is 0.243 e. The third kappa shape index (κ3) is 5.02. The number of hydrazone groups is 1. The largest absolute Gasteiger partial charge is 0.356 e. The average Bonchev–Trinajstić information content (AvgIpc) is 2.69. The van der Waals surface area contributed by atoms with Crippen LogP contribution in [0.2, 0.25) is 0 Å². The molecule has 3 rings (SSSR count). The van der Waals surface area contributed by atoms with Gasteiger partial charge in [0.25, 0.3) is 0 Å². The quantitative estimate of drug-likeness (QED) is 0.835. The molecular formula is C21H23N3O2. The van der Waals surface area contributed by atoms with Crippen molar-refractivity contribution in [3.8, 4) is 0 Å². The first-order valence-electron chi connectivity index (χ1n) is 8.96. The minimum absolute atomic E-state index is 0.0261. The maximum absolute atomic E-state index is 12.1. The third-order valence-electron chi connectivity index (χ3n) is 4.34. The topological polar surface area (TPSA) is 61.8 Å². The van der Waals surface area contributed by atoms with Gasteiger partial charge in [-0.2, -0.15) is 5.10 Å². The van der Waals surface area contributed by atoms with E-state index in [4.69, 9.17) is 0 Å². The predicted octanol–water partition coefficient (Wildman–Crippen LogP) is 2.76. The highest BCUT2D eigenvalue weighted by Gasteiger charge is 2.21. The number of amides is 2. The van der Waals surface area contributed by atoms with Crippen molar-refractivity contribution in [1.29, 1.82) is 0 Å². The summed E-state index contributed by atoms with van der Waals surface area (Å²) in [7, 11) is 0. The summed E-state index contributed by atoms with van der Waals surface area (Å²) < 4.78 is 0. The summed E-state index contributed by atoms with van der Waals surface area (Å²) in [5.74, 6) is -0.0856. The first kappa shape index (κ1) is 17.9. The van der Waals surface area contributed by atoms with E-state index in [-0.39, 0.29) is 18.2 Å². The number of carbonyl (C=O) groups is 2. The lowest BCUT2D eigenvalue weighted by Crippen LogP contribution is -2.35. The zero-order valence-corrected chi connectivity index (χ0v) is 14.7. The van der Waals surface area contributed by atoms with Crippen LogP contribution in [0, 0.1) is 0 Å². The SMILES string of the molecule is O=C(CCN1N=C(c2ccccc2)CCC1=O)NCCc1ccccc1. The zero-order valence-electron chi connectivity index (χ0n) is 14.7. The minimum Gasteiger partial charge on any atom is -0.356 e. The van der Waals surface area contributed by atoms with Gasteiger partial charge in [0.15, 0.2) is 0 Å². The molecule has 1 aliphatic heterocycles. The maximum atomic E-state index is 12.1. The van der Waals surface area contributed by atoms with Crippen molar-refractivity contribution in [2.24, 2.45) is 5.10 Å². The Morgan fingerprint density at radius 1 is 1.00 bits per heavy atom. The molecule has 0 aromatic heterocycles. The molecular weight excluding hydrogens is 326 g/mol. The molecule has 0 atom stereocenters. The molecule has 5 nitrogen and oxygen atoms in total. The molecule has 5 heteroatoms. The van der Waals surface area contributed by atoms with E-state index < -0.39 is 0 Å². The molecule has 134 valence electrons. The summed E-state index contributed by atoms with van der Waals surface area (Å²) >= 11 is 0. The number of nitrogens with one attached hydrogen (secondary N) is 1. The Labute approximate surface area is 153 Å². The van der Waals surface area contributed by atoms with Crippen LogP contribution in [0.1, 0.15) is 30.4 Å². The standard InChI is InChI=1S/C21H23N3O2/c25-20(22-15-13-17-7-3-1-4-8-17)14-16-24-21(26)12-11-19(23-24)18-9-5-2-6-10-18/h1-10H,11-16H2,(H,22,25). The van der Waals surface area contributed by atoms with Crippen molar-refractivity contribution in [3.05, 3.63) is 71.8 Å². The van der Waals surface area contributed by atoms with Gasteiger partial charge in [-0.1, -0.05) is 60.7 Å². The van der Waals surface area contributed by atoms with E-state index in [9.17, 15) is 9.59 Å². The van der Waals surface area contributed by atoms with Crippen LogP contribution in [0.5, 0.6) is 0 Å². The fourth-order valence-corrected chi connectivity index (χ4v) is 2.90. The number of benzene rings is 2. The zero-order chi connectivity index (χ0) is 18.2. The van der Waals surface area contributed by atoms with Crippen LogP contribution >= 0.6 is 0 Å². The Morgan fingerprint density at radius 3 is 2.42 bits per heavy atom. The summed E-state index contributed by atoms with van der Waals surface area (Å²) in [5.41, 5.74) is 3.11. The number of nitrogens with zero attached hydrogens (tertiary/aromatic N) is 2. The van der Waals surface area contributed by atoms with Crippen molar-refractivity contribution in [2.75, 3.05) is 13.1 Å². The van der Waals surface area contributed by atoms with Crippen LogP contribution in [-0.2, 0) is 16.0 Å². The molecule has 0 radical (unpaired) electrons. The summed E-state index contributed by atoms with van der Waals surface area (Å²) in [5, 5.41) is 8.79. The van der Waals surface area contributed by atoms with Crippen LogP contribution in [0.4, 0.5) is 0 Å². The van der Waals surface area contributed by atoms with Gasteiger partial charge in [-0.3, -0.25) is 9.59 Å². The predicted molar refractivity (Wildman–Crippen MR) is 102 cm³/mol. The normalized spacial score (nSPS) is 14.1. The van der Waals surface area contributed by atoms with Gasteiger partial charge in [0.05, 0.1) is 12.3 Å². The Hall–Kier alpha value is -2.95. The van der Waals surface area contributed by atoms with Crippen molar-refractivity contribution >= 4 is 17.5 Å². The monoisotopic (exact) mass is 349 g/mol. The van der Waals surface area contributed by atoms with Gasteiger partial charge in [0.2, 0.25) is 11.8 Å². The molecule has 0 saturated heterocycles. The molecule has 1 N–H and O–H groups in total. The molecule has 2 aromatic rings. The summed E-state index contributed by atoms with van der Waals surface area (Å²) in [4.78, 5) is 24.1. The van der Waals surface area contributed by atoms with Gasteiger partial charge in [-0.25, -0.2) is 5.01 Å². The van der Waals surface area contributed by atoms with E-state index in [0.29, 0.717) is 25.9 Å². The molecule has 0 spiro atoms. The molecule has 1 heterocycles. The lowest BCUT2D eigenvalue weighted by atomic mass is 10.0. The minimum atomic E-state index is -0.0595. The van der Waals surface area contributed by atoms with E-state index in [0.717, 1.165) is 17.7 Å². The molecule has 0 saturated carbocycles. The van der Waals surface area contributed by atoms with Crippen LogP contribution in [0.15, 0.2) is 65.8 Å². The van der Waals surface area contributed by atoms with E-state index in [1.165, 1.54) is 10.6 Å². The number of hydrogen-bond acceptors (Lipinski definition) is 3. The van der Waals surface area contributed by atoms with E-state index >= 15 is 0 Å². The van der Waals surface area contributed by atoms with Gasteiger partial charge >= 0.3 is 0 Å². The molecule has 0 aliphatic carbocycles. The lowest BCUT2D eigenvalue weighted by Gasteiger charge is -2.23. The molecule has 0 fully saturated rings. The van der Waals surface area contributed by atoms with Gasteiger partial charge < -0.3 is 5.32 Å². The van der Waals surface area contributed by atoms with Crippen molar-refractivity contribution < 1.29 is 9.59 Å². The van der Waals surface area contributed by atoms with Crippen molar-refractivity contribution in [3.63, 3.8) is 0 Å². The molecule has 0 bridgehead atoms. The second-order valence-corrected chi connectivity index (χ2v) is 6.27. The Morgan fingerprint density at radius 2 is 1.69 bits per heavy atom. The number of hydrogen-bond donors (Lipinski definition) is 1. The molecule has 2 amide bonds. The van der Waals surface area contributed by atoms with E-state index in [2.05, 4.69) is 10.4 Å². The van der Waals surface area contributed by atoms with Crippen LogP contribution in [0.3, 0.4) is 0 Å². The Bertz CT molecular complexity index is 772. The van der Waals surface area contributed by atoms with E-state index in [1.54, 1.807) is 0 Å². The number of rotatable bonds is 7. The smallest absolute Gasteiger partial charge is 0.243 e. The highest BCUT2D eigenvalue weighted by molar-refractivity contribution is 6.04. The first-order chi connectivity index (χ1) is 12.7. The number of carbonyl (C=O) groups excluding carboxylic acids is 2. The second kappa shape index (κ2) is 8.94. The van der Waals surface area contributed by atoms with Crippen molar-refractivity contribution in [1.82, 2.24) is 10.3 Å². The fraction of sp³-hybridized carbons (Fsp3) is 0.286. The summed E-state index contributed by atoms with van der Waals surface area (Å²) in [6, 6.07) is 19.9. The molecule has 26 heavy (non-hydrogen) atoms. The Balaban J connectivity index is 1.48. The third-order valence-corrected chi connectivity index (χ3v) is 4.34. The fourth-order valence-electron chi connectivity index (χ4n) is 2.90. The summed E-state index contributed by atoms with van der Waals surface area (Å²) in [6.45, 7) is 0.904. The lowest BCUT2D eigenvalue weighted by molar-refractivity contribution is -0.132. The van der Waals surface area contributed by atoms with Crippen LogP contribution in [0.25, 0.3) is 0 Å². The molecule has 0 unspecified atom stereocenters. The highest BCUT2D eigenvalue weighted by atomic mass is 16.2. The van der Waals surface area contributed by atoms with Crippen molar-refractivity contribution in [2.45, 2.75) is 25.7 Å². The molecule has 2 aromatic carbocycles. The highest BCUT2D eigenvalue weighted by Crippen LogP contribution is 2.15. The van der Waals surface area contributed by atoms with Gasteiger partial charge in [-0.15, -0.1) is 0 Å². The second-order valence-electron chi connectivity index (χ2n) is 6.27. The van der Waals surface area contributed by atoms with Gasteiger partial charge in [-0.05, 0) is 17.5 Å². The van der Waals surface area contributed by atoms with Crippen LogP contribution in [-0.4, -0.2) is 35.6 Å². The Kier molecular flexibility index (Phi) is 6.14. The first-order valence-corrected chi connectivity index (χ1v) is 8.96. The van der Waals surface area contributed by atoms with Gasteiger partial charge in [0.1, 0.15) is 0 Å². The van der Waals surface area contributed by atoms with E-state index in [1.807, 2.05) is 60.7 Å². The van der Waals surface area contributed by atoms with Crippen LogP contribution < -0.4 is 5.32 Å². The summed E-state index contributed by atoms with van der Waals surface area (Å²) in [6.07, 6.45) is 2.13.